The molecular weight excluding hydrogens is 590 g/mol. The van der Waals surface area contributed by atoms with Gasteiger partial charge in [-0.05, 0) is 87.3 Å². The first kappa shape index (κ1) is 32.4. The first-order chi connectivity index (χ1) is 20.1. The molecule has 0 spiro atoms. The van der Waals surface area contributed by atoms with Crippen LogP contribution in [0.25, 0.3) is 0 Å². The molecule has 2 aliphatic rings. The van der Waals surface area contributed by atoms with E-state index in [4.69, 9.17) is 28.0 Å². The maximum atomic E-state index is 13.8. The topological polar surface area (TPSA) is 53.1 Å². The van der Waals surface area contributed by atoms with Crippen LogP contribution in [0.2, 0.25) is 10.0 Å². The van der Waals surface area contributed by atoms with Gasteiger partial charge in [0.2, 0.25) is 0 Å². The Morgan fingerprint density at radius 2 is 1.60 bits per heavy atom. The minimum Gasteiger partial charge on any atom is -0.328 e. The smallest absolute Gasteiger partial charge is 0.328 e. The highest BCUT2D eigenvalue weighted by Gasteiger charge is 2.45. The molecule has 2 amide bonds. The van der Waals surface area contributed by atoms with E-state index in [-0.39, 0.29) is 13.1 Å². The first-order valence-electron chi connectivity index (χ1n) is 14.7. The Morgan fingerprint density at radius 1 is 0.905 bits per heavy atom. The van der Waals surface area contributed by atoms with Gasteiger partial charge in [-0.3, -0.25) is 0 Å². The number of carbonyl (C=O) groups is 2. The summed E-state index contributed by atoms with van der Waals surface area (Å²) >= 11 is 12.3. The molecule has 1 saturated carbocycles. The van der Waals surface area contributed by atoms with Crippen molar-refractivity contribution in [3.8, 4) is 0 Å². The number of nitrogens with zero attached hydrogens (tertiary/aromatic N) is 3. The minimum absolute atomic E-state index is 0.0850. The highest BCUT2D eigenvalue weighted by molar-refractivity contribution is 6.42. The van der Waals surface area contributed by atoms with E-state index in [2.05, 4.69) is 29.2 Å². The van der Waals surface area contributed by atoms with Gasteiger partial charge in [0, 0.05) is 13.1 Å². The molecule has 0 aromatic heterocycles. The van der Waals surface area contributed by atoms with E-state index in [0.29, 0.717) is 45.9 Å². The van der Waals surface area contributed by atoms with Crippen molar-refractivity contribution in [2.45, 2.75) is 76.6 Å². The zero-order valence-electron chi connectivity index (χ0n) is 23.6. The highest BCUT2D eigenvalue weighted by atomic mass is 35.5. The Kier molecular flexibility index (Phi) is 11.8. The van der Waals surface area contributed by atoms with Crippen molar-refractivity contribution >= 4 is 35.2 Å². The Hall–Kier alpha value is -2.49. The van der Waals surface area contributed by atoms with Crippen molar-refractivity contribution in [2.24, 2.45) is 5.92 Å². The van der Waals surface area contributed by atoms with Crippen molar-refractivity contribution in [1.82, 2.24) is 14.9 Å². The predicted molar refractivity (Wildman–Crippen MR) is 157 cm³/mol. The summed E-state index contributed by atoms with van der Waals surface area (Å²) in [5.74, 6) is -1.77. The number of carbonyl (C=O) groups excluding carboxylic acids is 2. The second-order valence-electron chi connectivity index (χ2n) is 11.3. The molecule has 2 fully saturated rings. The van der Waals surface area contributed by atoms with Crippen LogP contribution < -0.4 is 0 Å². The van der Waals surface area contributed by atoms with Gasteiger partial charge < -0.3 is 14.6 Å². The summed E-state index contributed by atoms with van der Waals surface area (Å²) in [7, 11) is 0. The molecule has 1 heterocycles. The molecule has 42 heavy (non-hydrogen) atoms. The summed E-state index contributed by atoms with van der Waals surface area (Å²) in [6.45, 7) is 3.01. The van der Waals surface area contributed by atoms with E-state index in [1.807, 2.05) is 6.07 Å². The highest BCUT2D eigenvalue weighted by Crippen LogP contribution is 2.28. The maximum absolute atomic E-state index is 13.8. The molecule has 4 rings (SSSR count). The average molecular weight is 629 g/mol. The quantitative estimate of drug-likeness (QED) is 0.265. The number of hydrogen-bond donors (Lipinski definition) is 0. The molecule has 1 aliphatic carbocycles. The summed E-state index contributed by atoms with van der Waals surface area (Å²) in [6, 6.07) is 14.1. The molecule has 0 atom stereocenters. The van der Waals surface area contributed by atoms with Crippen LogP contribution in [-0.4, -0.2) is 65.3 Å². The standard InChI is InChI=1S/C31H38Cl2F3N3O3/c32-27-13-12-25(21-28(27)33)22-38(30(41)39(26-10-5-2-6-11-26)42-29(40)31(34,35)36)17-7-16-37-18-14-24(15-19-37)20-23-8-3-1-4-9-23/h1,3-4,8-9,12-13,21,24,26H,2,5-7,10-11,14-20,22H2. The van der Waals surface area contributed by atoms with Crippen LogP contribution in [0.3, 0.4) is 0 Å². The summed E-state index contributed by atoms with van der Waals surface area (Å²) in [5, 5.41) is 1.34. The first-order valence-corrected chi connectivity index (χ1v) is 15.4. The molecule has 1 aliphatic heterocycles. The van der Waals surface area contributed by atoms with Crippen LogP contribution in [0.1, 0.15) is 62.5 Å². The third-order valence-electron chi connectivity index (χ3n) is 8.11. The minimum atomic E-state index is -5.21. The number of hydroxylamine groups is 2. The molecule has 230 valence electrons. The zero-order valence-corrected chi connectivity index (χ0v) is 25.1. The second kappa shape index (κ2) is 15.3. The third-order valence-corrected chi connectivity index (χ3v) is 8.85. The molecule has 0 N–H and O–H groups in total. The fraction of sp³-hybridized carbons (Fsp3) is 0.548. The Bertz CT molecular complexity index is 1170. The molecule has 2 aromatic carbocycles. The Morgan fingerprint density at radius 3 is 2.24 bits per heavy atom. The normalized spacial score (nSPS) is 17.2. The van der Waals surface area contributed by atoms with Gasteiger partial charge in [-0.15, -0.1) is 5.06 Å². The third kappa shape index (κ3) is 9.51. The molecule has 11 heteroatoms. The number of benzene rings is 2. The van der Waals surface area contributed by atoms with Gasteiger partial charge >= 0.3 is 18.2 Å². The molecular formula is C31H38Cl2F3N3O3. The van der Waals surface area contributed by atoms with Crippen molar-refractivity contribution in [1.29, 1.82) is 0 Å². The lowest BCUT2D eigenvalue weighted by atomic mass is 9.90. The van der Waals surface area contributed by atoms with Gasteiger partial charge in [-0.1, -0.05) is 78.9 Å². The second-order valence-corrected chi connectivity index (χ2v) is 12.1. The molecule has 6 nitrogen and oxygen atoms in total. The van der Waals surface area contributed by atoms with E-state index in [1.54, 1.807) is 18.2 Å². The fourth-order valence-corrected chi connectivity index (χ4v) is 6.13. The van der Waals surface area contributed by atoms with E-state index in [9.17, 15) is 22.8 Å². The van der Waals surface area contributed by atoms with Crippen LogP contribution >= 0.6 is 23.2 Å². The van der Waals surface area contributed by atoms with Crippen LogP contribution in [0.4, 0.5) is 18.0 Å². The van der Waals surface area contributed by atoms with E-state index >= 15 is 0 Å². The number of hydrogen-bond acceptors (Lipinski definition) is 4. The van der Waals surface area contributed by atoms with Crippen molar-refractivity contribution < 1.29 is 27.6 Å². The van der Waals surface area contributed by atoms with Gasteiger partial charge in [0.15, 0.2) is 0 Å². The van der Waals surface area contributed by atoms with E-state index < -0.39 is 24.2 Å². The summed E-state index contributed by atoms with van der Waals surface area (Å²) in [6.07, 6.45) is 1.97. The van der Waals surface area contributed by atoms with Gasteiger partial charge in [0.25, 0.3) is 0 Å². The molecule has 1 saturated heterocycles. The van der Waals surface area contributed by atoms with Crippen molar-refractivity contribution in [2.75, 3.05) is 26.2 Å². The van der Waals surface area contributed by atoms with Crippen LogP contribution in [0.15, 0.2) is 48.5 Å². The largest absolute Gasteiger partial charge is 0.493 e. The van der Waals surface area contributed by atoms with Gasteiger partial charge in [0.05, 0.1) is 16.1 Å². The van der Waals surface area contributed by atoms with Gasteiger partial charge in [0.1, 0.15) is 0 Å². The fourth-order valence-electron chi connectivity index (χ4n) is 5.81. The number of alkyl halides is 3. The number of piperidine rings is 1. The molecule has 2 aromatic rings. The molecule has 0 unspecified atom stereocenters. The number of halogens is 5. The number of amides is 2. The maximum Gasteiger partial charge on any atom is 0.493 e. The SMILES string of the molecule is O=C(N(CCCN1CCC(Cc2ccccc2)CC1)Cc1ccc(Cl)c(Cl)c1)N(OC(=O)C(F)(F)F)C1CCCCC1. The van der Waals surface area contributed by atoms with Gasteiger partial charge in [-0.25, -0.2) is 9.59 Å². The van der Waals surface area contributed by atoms with Crippen LogP contribution in [-0.2, 0) is 22.6 Å². The van der Waals surface area contributed by atoms with Gasteiger partial charge in [-0.2, -0.15) is 13.2 Å². The number of likely N-dealkylation sites (tertiary alicyclic amines) is 1. The van der Waals surface area contributed by atoms with E-state index in [1.165, 1.54) is 10.5 Å². The average Bonchev–Trinajstić information content (AvgIpc) is 2.98. The monoisotopic (exact) mass is 627 g/mol. The summed E-state index contributed by atoms with van der Waals surface area (Å²) < 4.78 is 39.5. The van der Waals surface area contributed by atoms with Crippen LogP contribution in [0.5, 0.6) is 0 Å². The molecule has 0 radical (unpaired) electrons. The summed E-state index contributed by atoms with van der Waals surface area (Å²) in [4.78, 5) is 34.2. The molecule has 0 bridgehead atoms. The van der Waals surface area contributed by atoms with Crippen molar-refractivity contribution in [3.63, 3.8) is 0 Å². The lowest BCUT2D eigenvalue weighted by molar-refractivity contribution is -0.236. The van der Waals surface area contributed by atoms with Crippen molar-refractivity contribution in [3.05, 3.63) is 69.7 Å². The number of rotatable bonds is 9. The zero-order chi connectivity index (χ0) is 30.1. The van der Waals surface area contributed by atoms with Crippen LogP contribution in [0, 0.1) is 5.92 Å². The number of urea groups is 1. The predicted octanol–water partition coefficient (Wildman–Crippen LogP) is 7.92. The Balaban J connectivity index is 1.41. The summed E-state index contributed by atoms with van der Waals surface area (Å²) in [5.41, 5.74) is 2.02. The Labute approximate surface area is 255 Å². The lowest BCUT2D eigenvalue weighted by Gasteiger charge is -2.36. The lowest BCUT2D eigenvalue weighted by Crippen LogP contribution is -2.51. The van der Waals surface area contributed by atoms with E-state index in [0.717, 1.165) is 58.2 Å².